The van der Waals surface area contributed by atoms with E-state index >= 15 is 0 Å². The minimum absolute atomic E-state index is 0.0573. The van der Waals surface area contributed by atoms with Crippen molar-refractivity contribution in [1.82, 2.24) is 10.2 Å². The van der Waals surface area contributed by atoms with Gasteiger partial charge in [0.1, 0.15) is 0 Å². The van der Waals surface area contributed by atoms with E-state index in [-0.39, 0.29) is 17.9 Å². The van der Waals surface area contributed by atoms with Crippen LogP contribution in [0.25, 0.3) is 0 Å². The molecule has 1 aromatic rings. The van der Waals surface area contributed by atoms with Gasteiger partial charge in [0.25, 0.3) is 11.8 Å². The molecule has 4 rings (SSSR count). The number of carbonyl (C=O) groups excluding carboxylic acids is 2. The van der Waals surface area contributed by atoms with E-state index in [0.29, 0.717) is 18.5 Å². The fourth-order valence-corrected chi connectivity index (χ4v) is 4.27. The normalized spacial score (nSPS) is 22.5. The summed E-state index contributed by atoms with van der Waals surface area (Å²) in [6.45, 7) is 4.82. The van der Waals surface area contributed by atoms with Gasteiger partial charge in [0.2, 0.25) is 0 Å². The fourth-order valence-electron chi connectivity index (χ4n) is 4.27. The third kappa shape index (κ3) is 4.97. The van der Waals surface area contributed by atoms with Gasteiger partial charge in [-0.3, -0.25) is 14.5 Å². The maximum Gasteiger partial charge on any atom is 0.291 e. The van der Waals surface area contributed by atoms with Gasteiger partial charge in [-0.2, -0.15) is 5.11 Å². The Labute approximate surface area is 171 Å². The van der Waals surface area contributed by atoms with Crippen LogP contribution < -0.4 is 5.32 Å². The van der Waals surface area contributed by atoms with E-state index < -0.39 is 0 Å². The van der Waals surface area contributed by atoms with Gasteiger partial charge in [-0.1, -0.05) is 12.1 Å². The van der Waals surface area contributed by atoms with Gasteiger partial charge < -0.3 is 10.1 Å². The molecule has 1 unspecified atom stereocenters. The van der Waals surface area contributed by atoms with Crippen LogP contribution in [0.1, 0.15) is 41.6 Å². The van der Waals surface area contributed by atoms with Gasteiger partial charge in [0.05, 0.1) is 19.3 Å². The van der Waals surface area contributed by atoms with E-state index in [1.165, 1.54) is 0 Å². The first-order valence-electron chi connectivity index (χ1n) is 10.5. The summed E-state index contributed by atoms with van der Waals surface area (Å²) in [6, 6.07) is 7.61. The second-order valence-electron chi connectivity index (χ2n) is 7.86. The van der Waals surface area contributed by atoms with Crippen molar-refractivity contribution < 1.29 is 14.3 Å². The van der Waals surface area contributed by atoms with E-state index in [0.717, 1.165) is 75.2 Å². The molecule has 29 heavy (non-hydrogen) atoms. The van der Waals surface area contributed by atoms with Crippen LogP contribution in [0.4, 0.5) is 0 Å². The Bertz CT molecular complexity index is 827. The Morgan fingerprint density at radius 3 is 2.90 bits per heavy atom. The summed E-state index contributed by atoms with van der Waals surface area (Å²) in [7, 11) is 0. The van der Waals surface area contributed by atoms with Crippen molar-refractivity contribution in [3.63, 3.8) is 0 Å². The van der Waals surface area contributed by atoms with Crippen LogP contribution in [0.15, 0.2) is 45.6 Å². The Kier molecular flexibility index (Phi) is 6.46. The van der Waals surface area contributed by atoms with Crippen molar-refractivity contribution in [1.29, 1.82) is 0 Å². The number of hydrogen-bond acceptors (Lipinski definition) is 5. The average Bonchev–Trinajstić information content (AvgIpc) is 2.77. The minimum Gasteiger partial charge on any atom is -0.379 e. The SMILES string of the molecule is O=C1N=NC(Cc2cccc(C(=O)NCCN3CCOCC3)c2)C2=C1CCCC2. The summed E-state index contributed by atoms with van der Waals surface area (Å²) in [4.78, 5) is 26.9. The van der Waals surface area contributed by atoms with Gasteiger partial charge in [-0.05, 0) is 49.0 Å². The molecule has 3 aliphatic rings. The molecule has 0 radical (unpaired) electrons. The predicted molar refractivity (Wildman–Crippen MR) is 109 cm³/mol. The van der Waals surface area contributed by atoms with Crippen LogP contribution in [0, 0.1) is 0 Å². The van der Waals surface area contributed by atoms with Crippen molar-refractivity contribution in [3.05, 3.63) is 46.5 Å². The molecular formula is C22H28N4O3. The molecule has 1 N–H and O–H groups in total. The van der Waals surface area contributed by atoms with Crippen LogP contribution in [0.2, 0.25) is 0 Å². The molecule has 1 saturated heterocycles. The second-order valence-corrected chi connectivity index (χ2v) is 7.86. The second kappa shape index (κ2) is 9.41. The first kappa shape index (κ1) is 19.9. The van der Waals surface area contributed by atoms with Crippen LogP contribution in [0.3, 0.4) is 0 Å². The Balaban J connectivity index is 1.35. The summed E-state index contributed by atoms with van der Waals surface area (Å²) in [5.74, 6) is -0.220. The lowest BCUT2D eigenvalue weighted by molar-refractivity contribution is -0.115. The van der Waals surface area contributed by atoms with Gasteiger partial charge in [-0.25, -0.2) is 0 Å². The lowest BCUT2D eigenvalue weighted by Gasteiger charge is -2.26. The zero-order valence-corrected chi connectivity index (χ0v) is 16.7. The molecule has 1 fully saturated rings. The number of hydrogen-bond donors (Lipinski definition) is 1. The summed E-state index contributed by atoms with van der Waals surface area (Å²) in [5.41, 5.74) is 3.72. The molecule has 154 valence electrons. The van der Waals surface area contributed by atoms with Gasteiger partial charge in [-0.15, -0.1) is 5.11 Å². The number of azo groups is 1. The van der Waals surface area contributed by atoms with E-state index in [9.17, 15) is 9.59 Å². The van der Waals surface area contributed by atoms with E-state index in [1.807, 2.05) is 24.3 Å². The molecule has 0 aromatic heterocycles. The maximum absolute atomic E-state index is 12.6. The fraction of sp³-hybridized carbons (Fsp3) is 0.545. The monoisotopic (exact) mass is 396 g/mol. The molecule has 7 heteroatoms. The quantitative estimate of drug-likeness (QED) is 0.801. The van der Waals surface area contributed by atoms with E-state index in [1.54, 1.807) is 0 Å². The van der Waals surface area contributed by atoms with E-state index in [4.69, 9.17) is 4.74 Å². The Hall–Kier alpha value is -2.38. The number of amides is 2. The third-order valence-corrected chi connectivity index (χ3v) is 5.89. The minimum atomic E-state index is -0.163. The van der Waals surface area contributed by atoms with Crippen molar-refractivity contribution in [3.8, 4) is 0 Å². The van der Waals surface area contributed by atoms with Crippen molar-refractivity contribution >= 4 is 11.8 Å². The molecule has 2 amide bonds. The highest BCUT2D eigenvalue weighted by Gasteiger charge is 2.29. The van der Waals surface area contributed by atoms with Crippen LogP contribution in [-0.2, 0) is 16.0 Å². The van der Waals surface area contributed by atoms with E-state index in [2.05, 4.69) is 20.4 Å². The molecule has 1 aromatic carbocycles. The zero-order valence-electron chi connectivity index (χ0n) is 16.7. The highest BCUT2D eigenvalue weighted by Crippen LogP contribution is 2.33. The molecule has 0 saturated carbocycles. The van der Waals surface area contributed by atoms with Crippen molar-refractivity contribution in [2.75, 3.05) is 39.4 Å². The third-order valence-electron chi connectivity index (χ3n) is 5.89. The molecular weight excluding hydrogens is 368 g/mol. The topological polar surface area (TPSA) is 83.4 Å². The Morgan fingerprint density at radius 1 is 1.21 bits per heavy atom. The number of nitrogens with zero attached hydrogens (tertiary/aromatic N) is 3. The number of ether oxygens (including phenoxy) is 1. The van der Waals surface area contributed by atoms with Gasteiger partial charge >= 0.3 is 0 Å². The predicted octanol–water partition coefficient (Wildman–Crippen LogP) is 2.52. The highest BCUT2D eigenvalue weighted by molar-refractivity contribution is 5.96. The number of rotatable bonds is 6. The standard InChI is InChI=1S/C22H28N4O3/c27-21(23-8-9-26-10-12-29-13-11-26)17-5-3-4-16(14-17)15-20-18-6-1-2-7-19(18)22(28)25-24-20/h3-5,14,20H,1-2,6-13,15H2,(H,23,27). The molecule has 0 bridgehead atoms. The van der Waals surface area contributed by atoms with Crippen molar-refractivity contribution in [2.45, 2.75) is 38.1 Å². The zero-order chi connectivity index (χ0) is 20.1. The van der Waals surface area contributed by atoms with Crippen LogP contribution >= 0.6 is 0 Å². The largest absolute Gasteiger partial charge is 0.379 e. The van der Waals surface area contributed by atoms with Crippen LogP contribution in [-0.4, -0.2) is 62.1 Å². The first-order chi connectivity index (χ1) is 14.2. The smallest absolute Gasteiger partial charge is 0.291 e. The molecule has 7 nitrogen and oxygen atoms in total. The lowest BCUT2D eigenvalue weighted by atomic mass is 9.84. The highest BCUT2D eigenvalue weighted by atomic mass is 16.5. The Morgan fingerprint density at radius 2 is 2.03 bits per heavy atom. The summed E-state index contributed by atoms with van der Waals surface area (Å²) >= 11 is 0. The summed E-state index contributed by atoms with van der Waals surface area (Å²) in [5, 5.41) is 11.1. The maximum atomic E-state index is 12.6. The summed E-state index contributed by atoms with van der Waals surface area (Å²) < 4.78 is 5.35. The van der Waals surface area contributed by atoms with Gasteiger partial charge in [0, 0.05) is 43.7 Å². The molecule has 2 heterocycles. The van der Waals surface area contributed by atoms with Crippen molar-refractivity contribution in [2.24, 2.45) is 10.2 Å². The average molecular weight is 396 g/mol. The molecule has 1 aliphatic carbocycles. The number of nitrogens with one attached hydrogen (secondary N) is 1. The molecule has 0 spiro atoms. The number of morpholine rings is 1. The number of benzene rings is 1. The molecule has 1 atom stereocenters. The van der Waals surface area contributed by atoms with Crippen LogP contribution in [0.5, 0.6) is 0 Å². The molecule has 2 aliphatic heterocycles. The number of carbonyl (C=O) groups is 2. The first-order valence-corrected chi connectivity index (χ1v) is 10.5. The lowest BCUT2D eigenvalue weighted by Crippen LogP contribution is -2.41. The van der Waals surface area contributed by atoms with Gasteiger partial charge in [0.15, 0.2) is 0 Å². The summed E-state index contributed by atoms with van der Waals surface area (Å²) in [6.07, 6.45) is 4.56.